The number of ether oxygens (including phenoxy) is 1. The molecule has 6 nitrogen and oxygen atoms in total. The number of hydrogen-bond acceptors (Lipinski definition) is 5. The van der Waals surface area contributed by atoms with E-state index in [1.807, 2.05) is 9.80 Å². The highest BCUT2D eigenvalue weighted by molar-refractivity contribution is 5.92. The predicted molar refractivity (Wildman–Crippen MR) is 97.7 cm³/mol. The lowest BCUT2D eigenvalue weighted by Gasteiger charge is -2.37. The van der Waals surface area contributed by atoms with Crippen molar-refractivity contribution in [2.45, 2.75) is 0 Å². The Balaban J connectivity index is 1.44. The van der Waals surface area contributed by atoms with Crippen LogP contribution in [0.2, 0.25) is 0 Å². The molecule has 0 spiro atoms. The van der Waals surface area contributed by atoms with Gasteiger partial charge in [0.05, 0.1) is 30.8 Å². The molecule has 1 aromatic heterocycles. The maximum Gasteiger partial charge on any atom is 0.236 e. The number of halogens is 2. The Morgan fingerprint density at radius 2 is 1.70 bits per heavy atom. The maximum atomic E-state index is 14.3. The molecule has 8 heteroatoms. The number of piperazine rings is 1. The van der Waals surface area contributed by atoms with Gasteiger partial charge in [-0.15, -0.1) is 0 Å². The van der Waals surface area contributed by atoms with Gasteiger partial charge in [-0.2, -0.15) is 0 Å². The van der Waals surface area contributed by atoms with Crippen molar-refractivity contribution >= 4 is 22.5 Å². The van der Waals surface area contributed by atoms with Gasteiger partial charge in [-0.1, -0.05) is 0 Å². The van der Waals surface area contributed by atoms with Crippen molar-refractivity contribution in [2.75, 3.05) is 63.9 Å². The summed E-state index contributed by atoms with van der Waals surface area (Å²) in [5.41, 5.74) is 0.663. The second kappa shape index (κ2) is 7.74. The lowest BCUT2D eigenvalue weighted by Crippen LogP contribution is -2.52. The fourth-order valence-electron chi connectivity index (χ4n) is 3.69. The number of carbonyl (C=O) groups excluding carboxylic acids is 1. The van der Waals surface area contributed by atoms with Crippen LogP contribution in [0.4, 0.5) is 14.5 Å². The fraction of sp³-hybridized carbons (Fsp3) is 0.474. The van der Waals surface area contributed by atoms with Gasteiger partial charge in [0.15, 0.2) is 0 Å². The molecule has 0 unspecified atom stereocenters. The number of aromatic nitrogens is 1. The molecular formula is C19H22F2N4O2. The highest BCUT2D eigenvalue weighted by Crippen LogP contribution is 2.30. The molecule has 0 saturated carbocycles. The van der Waals surface area contributed by atoms with Crippen LogP contribution in [0.5, 0.6) is 0 Å². The number of morpholine rings is 1. The van der Waals surface area contributed by atoms with E-state index in [2.05, 4.69) is 9.88 Å². The Kier molecular flexibility index (Phi) is 5.18. The summed E-state index contributed by atoms with van der Waals surface area (Å²) in [6.07, 6.45) is 1.50. The van der Waals surface area contributed by atoms with Gasteiger partial charge in [0, 0.05) is 45.5 Å². The summed E-state index contributed by atoms with van der Waals surface area (Å²) in [5.74, 6) is -0.916. The first-order chi connectivity index (χ1) is 13.1. The van der Waals surface area contributed by atoms with E-state index >= 15 is 0 Å². The van der Waals surface area contributed by atoms with Crippen molar-refractivity contribution in [3.8, 4) is 0 Å². The first-order valence-corrected chi connectivity index (χ1v) is 9.19. The molecule has 2 aliphatic heterocycles. The summed E-state index contributed by atoms with van der Waals surface area (Å²) in [7, 11) is 0. The maximum absolute atomic E-state index is 14.3. The fourth-order valence-corrected chi connectivity index (χ4v) is 3.69. The van der Waals surface area contributed by atoms with Gasteiger partial charge in [-0.25, -0.2) is 8.78 Å². The Morgan fingerprint density at radius 1 is 1.00 bits per heavy atom. The average Bonchev–Trinajstić information content (AvgIpc) is 2.71. The number of amides is 1. The van der Waals surface area contributed by atoms with E-state index < -0.39 is 11.6 Å². The van der Waals surface area contributed by atoms with Crippen molar-refractivity contribution in [3.05, 3.63) is 36.0 Å². The highest BCUT2D eigenvalue weighted by atomic mass is 19.1. The molecule has 27 heavy (non-hydrogen) atoms. The number of fused-ring (bicyclic) bond motifs is 1. The SMILES string of the molecule is O=C(CN1CCOCC1)N1CCN(c2ccnc3c(F)ccc(F)c23)CC1. The van der Waals surface area contributed by atoms with Crippen LogP contribution >= 0.6 is 0 Å². The monoisotopic (exact) mass is 376 g/mol. The van der Waals surface area contributed by atoms with E-state index in [1.54, 1.807) is 6.07 Å². The summed E-state index contributed by atoms with van der Waals surface area (Å²) >= 11 is 0. The van der Waals surface area contributed by atoms with Crippen LogP contribution in [0.25, 0.3) is 10.9 Å². The second-order valence-corrected chi connectivity index (χ2v) is 6.84. The topological polar surface area (TPSA) is 48.9 Å². The molecule has 2 saturated heterocycles. The van der Waals surface area contributed by atoms with E-state index in [4.69, 9.17) is 4.74 Å². The number of hydrogen-bond donors (Lipinski definition) is 0. The van der Waals surface area contributed by atoms with Crippen LogP contribution in [0.3, 0.4) is 0 Å². The number of benzene rings is 1. The quantitative estimate of drug-likeness (QED) is 0.813. The minimum absolute atomic E-state index is 0.0401. The summed E-state index contributed by atoms with van der Waals surface area (Å²) in [6, 6.07) is 3.93. The second-order valence-electron chi connectivity index (χ2n) is 6.84. The van der Waals surface area contributed by atoms with Gasteiger partial charge in [0.25, 0.3) is 0 Å². The average molecular weight is 376 g/mol. The molecule has 0 atom stereocenters. The summed E-state index contributed by atoms with van der Waals surface area (Å²) in [6.45, 7) is 5.55. The van der Waals surface area contributed by atoms with E-state index in [-0.39, 0.29) is 16.8 Å². The molecule has 3 heterocycles. The van der Waals surface area contributed by atoms with Gasteiger partial charge in [0.1, 0.15) is 17.2 Å². The Bertz CT molecular complexity index is 834. The molecule has 1 aromatic carbocycles. The van der Waals surface area contributed by atoms with Crippen molar-refractivity contribution in [1.82, 2.24) is 14.8 Å². The lowest BCUT2D eigenvalue weighted by molar-refractivity contribution is -0.133. The van der Waals surface area contributed by atoms with Crippen molar-refractivity contribution < 1.29 is 18.3 Å². The third-order valence-corrected chi connectivity index (χ3v) is 5.21. The molecule has 2 aromatic rings. The standard InChI is InChI=1S/C19H22F2N4O2/c20-14-1-2-15(21)19-18(14)16(3-4-22-19)24-5-7-25(8-6-24)17(26)13-23-9-11-27-12-10-23/h1-4H,5-13H2. The van der Waals surface area contributed by atoms with Crippen LogP contribution in [0.15, 0.2) is 24.4 Å². The van der Waals surface area contributed by atoms with E-state index in [0.717, 1.165) is 25.2 Å². The predicted octanol–water partition coefficient (Wildman–Crippen LogP) is 1.49. The molecular weight excluding hydrogens is 354 g/mol. The molecule has 0 radical (unpaired) electrons. The third-order valence-electron chi connectivity index (χ3n) is 5.21. The van der Waals surface area contributed by atoms with E-state index in [9.17, 15) is 13.6 Å². The number of nitrogens with zero attached hydrogens (tertiary/aromatic N) is 4. The van der Waals surface area contributed by atoms with Gasteiger partial charge in [-0.05, 0) is 18.2 Å². The molecule has 1 amide bonds. The zero-order valence-corrected chi connectivity index (χ0v) is 15.0. The molecule has 0 bridgehead atoms. The van der Waals surface area contributed by atoms with Crippen LogP contribution in [-0.2, 0) is 9.53 Å². The van der Waals surface area contributed by atoms with Gasteiger partial charge in [0.2, 0.25) is 5.91 Å². The normalized spacial score (nSPS) is 18.9. The summed E-state index contributed by atoms with van der Waals surface area (Å²) < 4.78 is 33.6. The van der Waals surface area contributed by atoms with Crippen molar-refractivity contribution in [3.63, 3.8) is 0 Å². The zero-order valence-electron chi connectivity index (χ0n) is 15.0. The number of anilines is 1. The van der Waals surface area contributed by atoms with Crippen molar-refractivity contribution in [1.29, 1.82) is 0 Å². The zero-order chi connectivity index (χ0) is 18.8. The number of pyridine rings is 1. The van der Waals surface area contributed by atoms with E-state index in [0.29, 0.717) is 51.6 Å². The van der Waals surface area contributed by atoms with Crippen molar-refractivity contribution in [2.24, 2.45) is 0 Å². The molecule has 0 N–H and O–H groups in total. The molecule has 2 aliphatic rings. The smallest absolute Gasteiger partial charge is 0.236 e. The van der Waals surface area contributed by atoms with Crippen LogP contribution in [0, 0.1) is 11.6 Å². The van der Waals surface area contributed by atoms with Gasteiger partial charge < -0.3 is 14.5 Å². The largest absolute Gasteiger partial charge is 0.379 e. The first-order valence-electron chi connectivity index (χ1n) is 9.19. The van der Waals surface area contributed by atoms with E-state index in [1.165, 1.54) is 6.20 Å². The molecule has 2 fully saturated rings. The van der Waals surface area contributed by atoms with Crippen LogP contribution in [-0.4, -0.2) is 79.7 Å². The summed E-state index contributed by atoms with van der Waals surface area (Å²) in [5, 5.41) is 0.200. The van der Waals surface area contributed by atoms with Crippen LogP contribution < -0.4 is 4.90 Å². The number of rotatable bonds is 3. The Hall–Kier alpha value is -2.32. The minimum atomic E-state index is -0.535. The first kappa shape index (κ1) is 18.1. The van der Waals surface area contributed by atoms with Gasteiger partial charge in [-0.3, -0.25) is 14.7 Å². The van der Waals surface area contributed by atoms with Crippen LogP contribution in [0.1, 0.15) is 0 Å². The highest BCUT2D eigenvalue weighted by Gasteiger charge is 2.25. The Labute approximate surface area is 156 Å². The minimum Gasteiger partial charge on any atom is -0.379 e. The molecule has 4 rings (SSSR count). The summed E-state index contributed by atoms with van der Waals surface area (Å²) in [4.78, 5) is 22.4. The number of carbonyl (C=O) groups is 1. The lowest BCUT2D eigenvalue weighted by atomic mass is 10.1. The Morgan fingerprint density at radius 3 is 2.44 bits per heavy atom. The third kappa shape index (κ3) is 3.72. The molecule has 0 aliphatic carbocycles. The molecule has 144 valence electrons. The van der Waals surface area contributed by atoms with Gasteiger partial charge >= 0.3 is 0 Å².